The maximum absolute atomic E-state index is 11.3. The van der Waals surface area contributed by atoms with Crippen LogP contribution in [-0.4, -0.2) is 47.9 Å². The molecule has 0 aromatic rings. The van der Waals surface area contributed by atoms with Crippen molar-refractivity contribution in [3.63, 3.8) is 0 Å². The van der Waals surface area contributed by atoms with Crippen LogP contribution in [0.15, 0.2) is 0 Å². The van der Waals surface area contributed by atoms with E-state index >= 15 is 0 Å². The van der Waals surface area contributed by atoms with E-state index in [1.807, 2.05) is 11.8 Å². The number of ether oxygens (including phenoxy) is 1. The number of hydrogen-bond acceptors (Lipinski definition) is 5. The summed E-state index contributed by atoms with van der Waals surface area (Å²) in [7, 11) is 1.29. The molecule has 5 heteroatoms. The van der Waals surface area contributed by atoms with Gasteiger partial charge in [-0.25, -0.2) is 4.79 Å². The Morgan fingerprint density at radius 1 is 1.47 bits per heavy atom. The molecule has 0 spiro atoms. The summed E-state index contributed by atoms with van der Waals surface area (Å²) in [6, 6.07) is 0.412. The SMILES string of the molecule is COC(=O)C(C)(O)CNC1CCC(SC)CC1. The molecule has 0 aromatic heterocycles. The second-order valence-electron chi connectivity index (χ2n) is 4.86. The molecule has 0 bridgehead atoms. The van der Waals surface area contributed by atoms with Gasteiger partial charge in [0.05, 0.1) is 7.11 Å². The van der Waals surface area contributed by atoms with Crippen LogP contribution in [0.3, 0.4) is 0 Å². The van der Waals surface area contributed by atoms with Crippen LogP contribution in [0, 0.1) is 0 Å². The van der Waals surface area contributed by atoms with Gasteiger partial charge in [-0.05, 0) is 38.9 Å². The van der Waals surface area contributed by atoms with Crippen LogP contribution in [0.5, 0.6) is 0 Å². The van der Waals surface area contributed by atoms with Crippen LogP contribution in [0.4, 0.5) is 0 Å². The van der Waals surface area contributed by atoms with Gasteiger partial charge in [0, 0.05) is 17.8 Å². The fourth-order valence-electron chi connectivity index (χ4n) is 2.14. The van der Waals surface area contributed by atoms with Gasteiger partial charge in [0.1, 0.15) is 0 Å². The first-order valence-corrected chi connectivity index (χ1v) is 7.35. The first-order chi connectivity index (χ1) is 7.99. The zero-order valence-corrected chi connectivity index (χ0v) is 11.7. The van der Waals surface area contributed by atoms with E-state index in [1.165, 1.54) is 26.9 Å². The molecule has 1 unspecified atom stereocenters. The number of carbonyl (C=O) groups is 1. The Morgan fingerprint density at radius 2 is 2.06 bits per heavy atom. The molecule has 0 aromatic carbocycles. The van der Waals surface area contributed by atoms with E-state index in [4.69, 9.17) is 0 Å². The third-order valence-electron chi connectivity index (χ3n) is 3.37. The number of methoxy groups -OCH3 is 1. The van der Waals surface area contributed by atoms with Crippen molar-refractivity contribution in [3.8, 4) is 0 Å². The zero-order valence-electron chi connectivity index (χ0n) is 10.9. The van der Waals surface area contributed by atoms with Crippen LogP contribution in [0.2, 0.25) is 0 Å². The topological polar surface area (TPSA) is 58.6 Å². The van der Waals surface area contributed by atoms with E-state index in [0.29, 0.717) is 6.04 Å². The van der Waals surface area contributed by atoms with E-state index < -0.39 is 11.6 Å². The Morgan fingerprint density at radius 3 is 2.53 bits per heavy atom. The monoisotopic (exact) mass is 261 g/mol. The molecule has 4 nitrogen and oxygen atoms in total. The van der Waals surface area contributed by atoms with Gasteiger partial charge in [-0.3, -0.25) is 0 Å². The fraction of sp³-hybridized carbons (Fsp3) is 0.917. The van der Waals surface area contributed by atoms with Crippen LogP contribution in [-0.2, 0) is 9.53 Å². The molecule has 100 valence electrons. The first-order valence-electron chi connectivity index (χ1n) is 6.06. The lowest BCUT2D eigenvalue weighted by Crippen LogP contribution is -2.49. The minimum atomic E-state index is -1.43. The van der Waals surface area contributed by atoms with E-state index in [1.54, 1.807) is 0 Å². The fourth-order valence-corrected chi connectivity index (χ4v) is 2.88. The highest BCUT2D eigenvalue weighted by atomic mass is 32.2. The number of nitrogens with one attached hydrogen (secondary N) is 1. The van der Waals surface area contributed by atoms with Gasteiger partial charge < -0.3 is 15.2 Å². The standard InChI is InChI=1S/C12H23NO3S/c1-12(15,11(14)16-2)8-13-9-4-6-10(17-3)7-5-9/h9-10,13,15H,4-8H2,1-3H3. The van der Waals surface area contributed by atoms with E-state index in [-0.39, 0.29) is 6.54 Å². The smallest absolute Gasteiger partial charge is 0.338 e. The number of hydrogen-bond donors (Lipinski definition) is 2. The average molecular weight is 261 g/mol. The molecule has 1 fully saturated rings. The largest absolute Gasteiger partial charge is 0.467 e. The van der Waals surface area contributed by atoms with Gasteiger partial charge in [0.15, 0.2) is 5.60 Å². The number of carbonyl (C=O) groups excluding carboxylic acids is 1. The molecule has 1 aliphatic rings. The van der Waals surface area contributed by atoms with Crippen molar-refractivity contribution in [2.75, 3.05) is 19.9 Å². The van der Waals surface area contributed by atoms with Crippen LogP contribution < -0.4 is 5.32 Å². The minimum absolute atomic E-state index is 0.258. The molecule has 1 rings (SSSR count). The van der Waals surface area contributed by atoms with Gasteiger partial charge in [-0.15, -0.1) is 0 Å². The maximum Gasteiger partial charge on any atom is 0.338 e. The molecule has 0 heterocycles. The number of thioether (sulfide) groups is 1. The average Bonchev–Trinajstić information content (AvgIpc) is 2.36. The summed E-state index contributed by atoms with van der Waals surface area (Å²) < 4.78 is 4.56. The minimum Gasteiger partial charge on any atom is -0.467 e. The molecule has 0 saturated heterocycles. The molecular formula is C12H23NO3S. The molecule has 1 aliphatic carbocycles. The lowest BCUT2D eigenvalue weighted by Gasteiger charge is -2.30. The molecule has 0 radical (unpaired) electrons. The van der Waals surface area contributed by atoms with Crippen molar-refractivity contribution in [1.82, 2.24) is 5.32 Å². The zero-order chi connectivity index (χ0) is 12.9. The van der Waals surface area contributed by atoms with Gasteiger partial charge in [0.2, 0.25) is 0 Å². The van der Waals surface area contributed by atoms with Crippen molar-refractivity contribution < 1.29 is 14.6 Å². The number of aliphatic hydroxyl groups is 1. The number of rotatable bonds is 5. The van der Waals surface area contributed by atoms with E-state index in [2.05, 4.69) is 16.3 Å². The van der Waals surface area contributed by atoms with Gasteiger partial charge in [0.25, 0.3) is 0 Å². The quantitative estimate of drug-likeness (QED) is 0.728. The van der Waals surface area contributed by atoms with Crippen LogP contribution >= 0.6 is 11.8 Å². The highest BCUT2D eigenvalue weighted by Crippen LogP contribution is 2.26. The Kier molecular flexibility index (Phi) is 5.76. The normalized spacial score (nSPS) is 28.5. The molecule has 1 atom stereocenters. The molecule has 1 saturated carbocycles. The second-order valence-corrected chi connectivity index (χ2v) is 5.99. The molecule has 17 heavy (non-hydrogen) atoms. The van der Waals surface area contributed by atoms with Crippen LogP contribution in [0.1, 0.15) is 32.6 Å². The van der Waals surface area contributed by atoms with E-state index in [9.17, 15) is 9.90 Å². The lowest BCUT2D eigenvalue weighted by atomic mass is 9.94. The highest BCUT2D eigenvalue weighted by Gasteiger charge is 2.32. The lowest BCUT2D eigenvalue weighted by molar-refractivity contribution is -0.160. The van der Waals surface area contributed by atoms with Crippen molar-refractivity contribution >= 4 is 17.7 Å². The summed E-state index contributed by atoms with van der Waals surface area (Å²) in [5, 5.41) is 13.9. The van der Waals surface area contributed by atoms with Crippen molar-refractivity contribution in [2.45, 2.75) is 49.5 Å². The maximum atomic E-state index is 11.3. The molecule has 2 N–H and O–H groups in total. The van der Waals surface area contributed by atoms with Gasteiger partial charge >= 0.3 is 5.97 Å². The predicted octanol–water partition coefficient (Wildman–Crippen LogP) is 1.17. The third-order valence-corrected chi connectivity index (χ3v) is 4.51. The van der Waals surface area contributed by atoms with Gasteiger partial charge in [-0.2, -0.15) is 11.8 Å². The van der Waals surface area contributed by atoms with Crippen molar-refractivity contribution in [1.29, 1.82) is 0 Å². The summed E-state index contributed by atoms with van der Waals surface area (Å²) in [6.45, 7) is 1.74. The highest BCUT2D eigenvalue weighted by molar-refractivity contribution is 7.99. The van der Waals surface area contributed by atoms with Crippen molar-refractivity contribution in [2.24, 2.45) is 0 Å². The molecular weight excluding hydrogens is 238 g/mol. The van der Waals surface area contributed by atoms with E-state index in [0.717, 1.165) is 18.1 Å². The first kappa shape index (κ1) is 14.8. The summed E-state index contributed by atoms with van der Waals surface area (Å²) in [5.41, 5.74) is -1.43. The van der Waals surface area contributed by atoms with Crippen molar-refractivity contribution in [3.05, 3.63) is 0 Å². The Bertz CT molecular complexity index is 250. The Labute approximate surface area is 107 Å². The molecule has 0 aliphatic heterocycles. The van der Waals surface area contributed by atoms with Gasteiger partial charge in [-0.1, -0.05) is 0 Å². The molecule has 0 amide bonds. The summed E-state index contributed by atoms with van der Waals surface area (Å²) in [4.78, 5) is 11.3. The Hall–Kier alpha value is -0.260. The van der Waals surface area contributed by atoms with Crippen LogP contribution in [0.25, 0.3) is 0 Å². The number of esters is 1. The Balaban J connectivity index is 2.30. The predicted molar refractivity (Wildman–Crippen MR) is 70.2 cm³/mol. The summed E-state index contributed by atoms with van der Waals surface area (Å²) >= 11 is 1.93. The summed E-state index contributed by atoms with van der Waals surface area (Å²) in [6.07, 6.45) is 6.80. The summed E-state index contributed by atoms with van der Waals surface area (Å²) in [5.74, 6) is -0.581. The second kappa shape index (κ2) is 6.61. The third kappa shape index (κ3) is 4.48.